The molecule has 1 aromatic heterocycles. The molecule has 1 atom stereocenters. The summed E-state index contributed by atoms with van der Waals surface area (Å²) in [5.74, 6) is 2.84. The van der Waals surface area contributed by atoms with Crippen molar-refractivity contribution in [3.63, 3.8) is 0 Å². The second kappa shape index (κ2) is 5.32. The summed E-state index contributed by atoms with van der Waals surface area (Å²) in [5, 5.41) is 11.1. The fraction of sp³-hybridized carbons (Fsp3) is 0.400. The third-order valence-corrected chi connectivity index (χ3v) is 3.91. The van der Waals surface area contributed by atoms with E-state index in [9.17, 15) is 4.79 Å². The normalized spacial score (nSPS) is 18.8. The van der Waals surface area contributed by atoms with Gasteiger partial charge in [-0.25, -0.2) is 0 Å². The van der Waals surface area contributed by atoms with Crippen LogP contribution in [0.2, 0.25) is 0 Å². The van der Waals surface area contributed by atoms with Crippen LogP contribution in [0.15, 0.2) is 24.3 Å². The van der Waals surface area contributed by atoms with Crippen LogP contribution in [-0.4, -0.2) is 33.4 Å². The summed E-state index contributed by atoms with van der Waals surface area (Å²) in [7, 11) is 0. The van der Waals surface area contributed by atoms with Crippen molar-refractivity contribution in [1.82, 2.24) is 20.1 Å². The molecule has 0 unspecified atom stereocenters. The summed E-state index contributed by atoms with van der Waals surface area (Å²) in [6.07, 6.45) is 1.40. The van der Waals surface area contributed by atoms with Crippen molar-refractivity contribution in [2.24, 2.45) is 0 Å². The third kappa shape index (κ3) is 2.28. The number of nitrogens with one attached hydrogen (secondary N) is 1. The molecule has 3 heterocycles. The van der Waals surface area contributed by atoms with Crippen molar-refractivity contribution in [3.8, 4) is 11.5 Å². The second-order valence-electron chi connectivity index (χ2n) is 5.37. The molecule has 0 aliphatic carbocycles. The predicted molar refractivity (Wildman–Crippen MR) is 76.5 cm³/mol. The van der Waals surface area contributed by atoms with Gasteiger partial charge in [-0.05, 0) is 18.6 Å². The minimum absolute atomic E-state index is 0.204. The highest BCUT2D eigenvalue weighted by molar-refractivity contribution is 5.81. The minimum Gasteiger partial charge on any atom is -0.485 e. The fourth-order valence-electron chi connectivity index (χ4n) is 2.77. The molecule has 7 nitrogen and oxygen atoms in total. The van der Waals surface area contributed by atoms with Gasteiger partial charge < -0.3 is 19.4 Å². The number of aromatic nitrogens is 3. The predicted octanol–water partition coefficient (Wildman–Crippen LogP) is 0.680. The number of nitrogens with zero attached hydrogens (tertiary/aromatic N) is 3. The van der Waals surface area contributed by atoms with Gasteiger partial charge in [-0.1, -0.05) is 12.1 Å². The quantitative estimate of drug-likeness (QED) is 0.902. The molecule has 0 saturated carbocycles. The maximum Gasteiger partial charge on any atom is 0.265 e. The van der Waals surface area contributed by atoms with Crippen LogP contribution < -0.4 is 14.8 Å². The van der Waals surface area contributed by atoms with Crippen molar-refractivity contribution >= 4 is 5.91 Å². The monoisotopic (exact) mass is 300 g/mol. The maximum atomic E-state index is 12.2. The van der Waals surface area contributed by atoms with E-state index in [1.807, 2.05) is 18.2 Å². The van der Waals surface area contributed by atoms with Crippen LogP contribution in [0, 0.1) is 0 Å². The number of rotatable bonds is 3. The molecule has 1 aromatic carbocycles. The Bertz CT molecular complexity index is 713. The second-order valence-corrected chi connectivity index (χ2v) is 5.37. The molecule has 22 heavy (non-hydrogen) atoms. The first-order chi connectivity index (χ1) is 10.8. The SMILES string of the molecule is O=C(NCc1nnc2n1CCC2)[C@H]1COc2ccccc2O1. The summed E-state index contributed by atoms with van der Waals surface area (Å²) in [6, 6.07) is 7.33. The highest BCUT2D eigenvalue weighted by atomic mass is 16.6. The summed E-state index contributed by atoms with van der Waals surface area (Å²) < 4.78 is 13.3. The summed E-state index contributed by atoms with van der Waals surface area (Å²) in [5.41, 5.74) is 0. The van der Waals surface area contributed by atoms with E-state index in [1.165, 1.54) is 0 Å². The number of benzene rings is 1. The van der Waals surface area contributed by atoms with E-state index in [-0.39, 0.29) is 12.5 Å². The van der Waals surface area contributed by atoms with Gasteiger partial charge in [-0.2, -0.15) is 0 Å². The number of amides is 1. The first-order valence-corrected chi connectivity index (χ1v) is 7.38. The first kappa shape index (κ1) is 13.1. The number of aryl methyl sites for hydroxylation is 1. The lowest BCUT2D eigenvalue weighted by Crippen LogP contribution is -2.44. The van der Waals surface area contributed by atoms with E-state index in [2.05, 4.69) is 20.1 Å². The third-order valence-electron chi connectivity index (χ3n) is 3.91. The van der Waals surface area contributed by atoms with Crippen LogP contribution in [0.5, 0.6) is 11.5 Å². The molecular formula is C15H16N4O3. The van der Waals surface area contributed by atoms with E-state index in [0.29, 0.717) is 18.0 Å². The maximum absolute atomic E-state index is 12.2. The van der Waals surface area contributed by atoms with Crippen LogP contribution in [0.3, 0.4) is 0 Å². The Morgan fingerprint density at radius 1 is 1.32 bits per heavy atom. The van der Waals surface area contributed by atoms with Gasteiger partial charge in [0.05, 0.1) is 6.54 Å². The molecule has 114 valence electrons. The van der Waals surface area contributed by atoms with Crippen LogP contribution in [0.4, 0.5) is 0 Å². The topological polar surface area (TPSA) is 78.3 Å². The Morgan fingerprint density at radius 2 is 2.18 bits per heavy atom. The van der Waals surface area contributed by atoms with Gasteiger partial charge in [0, 0.05) is 13.0 Å². The Labute approximate surface area is 127 Å². The standard InChI is InChI=1S/C15H16N4O3/c20-15(12-9-21-10-4-1-2-5-11(10)22-12)16-8-14-18-17-13-6-3-7-19(13)14/h1-2,4-5,12H,3,6-9H2,(H,16,20)/t12-/m1/s1. The molecule has 7 heteroatoms. The van der Waals surface area contributed by atoms with E-state index < -0.39 is 6.10 Å². The van der Waals surface area contributed by atoms with Gasteiger partial charge >= 0.3 is 0 Å². The van der Waals surface area contributed by atoms with Crippen molar-refractivity contribution in [2.75, 3.05) is 6.61 Å². The zero-order valence-corrected chi connectivity index (χ0v) is 12.0. The molecule has 1 amide bonds. The first-order valence-electron chi connectivity index (χ1n) is 7.38. The summed E-state index contributed by atoms with van der Waals surface area (Å²) in [4.78, 5) is 12.2. The number of para-hydroxylation sites is 2. The average Bonchev–Trinajstić information content (AvgIpc) is 3.16. The molecule has 2 aromatic rings. The molecule has 2 aliphatic rings. The number of carbonyl (C=O) groups is 1. The highest BCUT2D eigenvalue weighted by Gasteiger charge is 2.27. The van der Waals surface area contributed by atoms with E-state index >= 15 is 0 Å². The van der Waals surface area contributed by atoms with Gasteiger partial charge in [0.25, 0.3) is 5.91 Å². The number of fused-ring (bicyclic) bond motifs is 2. The number of hydrogen-bond acceptors (Lipinski definition) is 5. The summed E-state index contributed by atoms with van der Waals surface area (Å²) >= 11 is 0. The minimum atomic E-state index is -0.643. The fourth-order valence-corrected chi connectivity index (χ4v) is 2.77. The van der Waals surface area contributed by atoms with Crippen molar-refractivity contribution < 1.29 is 14.3 Å². The zero-order chi connectivity index (χ0) is 14.9. The van der Waals surface area contributed by atoms with Gasteiger partial charge in [-0.15, -0.1) is 10.2 Å². The largest absolute Gasteiger partial charge is 0.485 e. The van der Waals surface area contributed by atoms with E-state index in [1.54, 1.807) is 6.07 Å². The average molecular weight is 300 g/mol. The highest BCUT2D eigenvalue weighted by Crippen LogP contribution is 2.30. The van der Waals surface area contributed by atoms with E-state index in [0.717, 1.165) is 31.0 Å². The Morgan fingerprint density at radius 3 is 3.09 bits per heavy atom. The number of hydrogen-bond donors (Lipinski definition) is 1. The Balaban J connectivity index is 1.39. The number of carbonyl (C=O) groups excluding carboxylic acids is 1. The zero-order valence-electron chi connectivity index (χ0n) is 12.0. The van der Waals surface area contributed by atoms with Crippen molar-refractivity contribution in [3.05, 3.63) is 35.9 Å². The van der Waals surface area contributed by atoms with Crippen molar-refractivity contribution in [1.29, 1.82) is 0 Å². The lowest BCUT2D eigenvalue weighted by molar-refractivity contribution is -0.130. The van der Waals surface area contributed by atoms with Crippen LogP contribution in [0.1, 0.15) is 18.1 Å². The van der Waals surface area contributed by atoms with Gasteiger partial charge in [0.2, 0.25) is 6.10 Å². The van der Waals surface area contributed by atoms with Crippen molar-refractivity contribution in [2.45, 2.75) is 32.0 Å². The van der Waals surface area contributed by atoms with Crippen LogP contribution in [0.25, 0.3) is 0 Å². The molecule has 0 saturated heterocycles. The van der Waals surface area contributed by atoms with Crippen LogP contribution in [-0.2, 0) is 24.3 Å². The molecule has 1 N–H and O–H groups in total. The van der Waals surface area contributed by atoms with Gasteiger partial charge in [0.1, 0.15) is 12.4 Å². The Hall–Kier alpha value is -2.57. The van der Waals surface area contributed by atoms with Gasteiger partial charge in [0.15, 0.2) is 17.3 Å². The Kier molecular flexibility index (Phi) is 3.17. The lowest BCUT2D eigenvalue weighted by Gasteiger charge is -2.25. The lowest BCUT2D eigenvalue weighted by atomic mass is 10.2. The molecule has 0 radical (unpaired) electrons. The van der Waals surface area contributed by atoms with Gasteiger partial charge in [-0.3, -0.25) is 4.79 Å². The van der Waals surface area contributed by atoms with E-state index in [4.69, 9.17) is 9.47 Å². The molecule has 0 fully saturated rings. The molecule has 0 spiro atoms. The molecule has 2 aliphatic heterocycles. The van der Waals surface area contributed by atoms with Crippen LogP contribution >= 0.6 is 0 Å². The smallest absolute Gasteiger partial charge is 0.265 e. The molecule has 4 rings (SSSR count). The molecular weight excluding hydrogens is 284 g/mol. The summed E-state index contributed by atoms with van der Waals surface area (Å²) in [6.45, 7) is 1.48. The molecule has 0 bridgehead atoms. The number of ether oxygens (including phenoxy) is 2.